The Morgan fingerprint density at radius 2 is 1.87 bits per heavy atom. The fourth-order valence-electron chi connectivity index (χ4n) is 2.24. The lowest BCUT2D eigenvalue weighted by Gasteiger charge is -2.07. The van der Waals surface area contributed by atoms with Crippen LogP contribution in [0.3, 0.4) is 0 Å². The van der Waals surface area contributed by atoms with Crippen molar-refractivity contribution in [3.63, 3.8) is 0 Å². The summed E-state index contributed by atoms with van der Waals surface area (Å²) in [7, 11) is -2.19. The van der Waals surface area contributed by atoms with E-state index >= 15 is 0 Å². The van der Waals surface area contributed by atoms with E-state index in [9.17, 15) is 17.2 Å². The number of hydrogen-bond donors (Lipinski definition) is 1. The highest BCUT2D eigenvalue weighted by Gasteiger charge is 2.17. The summed E-state index contributed by atoms with van der Waals surface area (Å²) in [5.74, 6) is -1.80. The molecular weight excluding hydrogens is 324 g/mol. The van der Waals surface area contributed by atoms with E-state index in [4.69, 9.17) is 0 Å². The van der Waals surface area contributed by atoms with Gasteiger partial charge in [-0.15, -0.1) is 0 Å². The third-order valence-corrected chi connectivity index (χ3v) is 4.90. The Balaban J connectivity index is 1.86. The molecule has 0 aliphatic carbocycles. The van der Waals surface area contributed by atoms with Gasteiger partial charge in [0.1, 0.15) is 5.82 Å². The molecule has 3 aromatic rings. The maximum Gasteiger partial charge on any atom is 0.241 e. The summed E-state index contributed by atoms with van der Waals surface area (Å²) in [6, 6.07) is 9.82. The van der Waals surface area contributed by atoms with Gasteiger partial charge < -0.3 is 4.57 Å². The fourth-order valence-corrected chi connectivity index (χ4v) is 3.23. The number of imidazole rings is 1. The lowest BCUT2D eigenvalue weighted by molar-refractivity contribution is 0.504. The summed E-state index contributed by atoms with van der Waals surface area (Å²) in [5.41, 5.74) is 1.62. The summed E-state index contributed by atoms with van der Waals surface area (Å²) >= 11 is 0. The van der Waals surface area contributed by atoms with Crippen LogP contribution < -0.4 is 4.72 Å². The van der Waals surface area contributed by atoms with Gasteiger partial charge in [-0.3, -0.25) is 0 Å². The first-order valence-electron chi connectivity index (χ1n) is 6.73. The summed E-state index contributed by atoms with van der Waals surface area (Å²) in [4.78, 5) is 4.00. The number of halogens is 2. The quantitative estimate of drug-likeness (QED) is 0.795. The van der Waals surface area contributed by atoms with E-state index in [1.807, 2.05) is 24.3 Å². The highest BCUT2D eigenvalue weighted by Crippen LogP contribution is 2.16. The van der Waals surface area contributed by atoms with Crippen LogP contribution in [0.15, 0.2) is 47.4 Å². The SMILES string of the molecule is Cn1c(CNS(=O)(=O)c2ccc(F)c(F)c2)nc2ccccc21. The second kappa shape index (κ2) is 5.71. The average Bonchev–Trinajstić information content (AvgIpc) is 2.85. The Morgan fingerprint density at radius 3 is 2.57 bits per heavy atom. The molecule has 1 heterocycles. The molecule has 8 heteroatoms. The zero-order valence-electron chi connectivity index (χ0n) is 12.1. The van der Waals surface area contributed by atoms with Crippen LogP contribution in [-0.4, -0.2) is 18.0 Å². The Bertz CT molecular complexity index is 984. The molecule has 0 radical (unpaired) electrons. The average molecular weight is 337 g/mol. The maximum atomic E-state index is 13.2. The molecular formula is C15H13F2N3O2S. The van der Waals surface area contributed by atoms with Gasteiger partial charge in [0.05, 0.1) is 22.5 Å². The number of nitrogens with one attached hydrogen (secondary N) is 1. The number of rotatable bonds is 4. The van der Waals surface area contributed by atoms with Gasteiger partial charge in [-0.2, -0.15) is 0 Å². The first-order valence-corrected chi connectivity index (χ1v) is 8.22. The number of fused-ring (bicyclic) bond motifs is 1. The normalized spacial score (nSPS) is 12.0. The van der Waals surface area contributed by atoms with Crippen molar-refractivity contribution in [2.45, 2.75) is 11.4 Å². The third-order valence-electron chi connectivity index (χ3n) is 3.50. The van der Waals surface area contributed by atoms with Crippen molar-refractivity contribution in [2.75, 3.05) is 0 Å². The zero-order valence-corrected chi connectivity index (χ0v) is 12.9. The predicted molar refractivity (Wildman–Crippen MR) is 81.1 cm³/mol. The zero-order chi connectivity index (χ0) is 16.6. The van der Waals surface area contributed by atoms with Crippen LogP contribution in [-0.2, 0) is 23.6 Å². The molecule has 0 unspecified atom stereocenters. The van der Waals surface area contributed by atoms with Crippen LogP contribution in [0, 0.1) is 11.6 Å². The number of aromatic nitrogens is 2. The van der Waals surface area contributed by atoms with E-state index in [1.165, 1.54) is 0 Å². The smallest absolute Gasteiger partial charge is 0.241 e. The maximum absolute atomic E-state index is 13.2. The van der Waals surface area contributed by atoms with Gasteiger partial charge in [-0.05, 0) is 30.3 Å². The third kappa shape index (κ3) is 2.95. The highest BCUT2D eigenvalue weighted by atomic mass is 32.2. The molecule has 0 spiro atoms. The predicted octanol–water partition coefficient (Wildman–Crippen LogP) is 2.33. The molecule has 23 heavy (non-hydrogen) atoms. The number of para-hydroxylation sites is 2. The van der Waals surface area contributed by atoms with Crippen LogP contribution >= 0.6 is 0 Å². The van der Waals surface area contributed by atoms with Crippen molar-refractivity contribution in [3.05, 3.63) is 59.9 Å². The van der Waals surface area contributed by atoms with Gasteiger partial charge in [0, 0.05) is 7.05 Å². The molecule has 0 saturated heterocycles. The molecule has 0 saturated carbocycles. The van der Waals surface area contributed by atoms with E-state index in [0.29, 0.717) is 11.9 Å². The van der Waals surface area contributed by atoms with Gasteiger partial charge in [0.2, 0.25) is 10.0 Å². The minimum absolute atomic E-state index is 0.0630. The van der Waals surface area contributed by atoms with Crippen LogP contribution in [0.1, 0.15) is 5.82 Å². The molecule has 0 amide bonds. The van der Waals surface area contributed by atoms with E-state index in [1.54, 1.807) is 11.6 Å². The monoisotopic (exact) mass is 337 g/mol. The molecule has 0 aliphatic rings. The Labute approximate surface area is 131 Å². The van der Waals surface area contributed by atoms with Crippen LogP contribution in [0.4, 0.5) is 8.78 Å². The number of benzene rings is 2. The van der Waals surface area contributed by atoms with Crippen molar-refractivity contribution in [1.82, 2.24) is 14.3 Å². The number of sulfonamides is 1. The molecule has 2 aromatic carbocycles. The summed E-state index contributed by atoms with van der Waals surface area (Å²) in [6.07, 6.45) is 0. The minimum Gasteiger partial charge on any atom is -0.330 e. The molecule has 120 valence electrons. The van der Waals surface area contributed by atoms with Crippen molar-refractivity contribution >= 4 is 21.1 Å². The van der Waals surface area contributed by atoms with Crippen molar-refractivity contribution in [2.24, 2.45) is 7.05 Å². The van der Waals surface area contributed by atoms with Crippen LogP contribution in [0.5, 0.6) is 0 Å². The van der Waals surface area contributed by atoms with E-state index in [-0.39, 0.29) is 11.4 Å². The lowest BCUT2D eigenvalue weighted by Crippen LogP contribution is -2.25. The molecule has 0 bridgehead atoms. The van der Waals surface area contributed by atoms with Gasteiger partial charge in [-0.25, -0.2) is 26.9 Å². The minimum atomic E-state index is -3.96. The largest absolute Gasteiger partial charge is 0.330 e. The number of hydrogen-bond acceptors (Lipinski definition) is 3. The van der Waals surface area contributed by atoms with Crippen LogP contribution in [0.2, 0.25) is 0 Å². The molecule has 1 N–H and O–H groups in total. The first-order chi connectivity index (χ1) is 10.9. The van der Waals surface area contributed by atoms with Gasteiger partial charge >= 0.3 is 0 Å². The Morgan fingerprint density at radius 1 is 1.13 bits per heavy atom. The summed E-state index contributed by atoms with van der Waals surface area (Å²) in [6.45, 7) is -0.0630. The molecule has 3 rings (SSSR count). The Hall–Kier alpha value is -2.32. The van der Waals surface area contributed by atoms with Crippen LogP contribution in [0.25, 0.3) is 11.0 Å². The fraction of sp³-hybridized carbons (Fsp3) is 0.133. The molecule has 0 aliphatic heterocycles. The van der Waals surface area contributed by atoms with E-state index in [0.717, 1.165) is 23.2 Å². The second-order valence-electron chi connectivity index (χ2n) is 4.98. The van der Waals surface area contributed by atoms with E-state index in [2.05, 4.69) is 9.71 Å². The number of nitrogens with zero attached hydrogens (tertiary/aromatic N) is 2. The Kier molecular flexibility index (Phi) is 3.87. The van der Waals surface area contributed by atoms with Gasteiger partial charge in [0.25, 0.3) is 0 Å². The summed E-state index contributed by atoms with van der Waals surface area (Å²) in [5, 5.41) is 0. The second-order valence-corrected chi connectivity index (χ2v) is 6.74. The van der Waals surface area contributed by atoms with Gasteiger partial charge in [-0.1, -0.05) is 12.1 Å². The van der Waals surface area contributed by atoms with Crippen molar-refractivity contribution < 1.29 is 17.2 Å². The summed E-state index contributed by atoms with van der Waals surface area (Å²) < 4.78 is 54.5. The first kappa shape index (κ1) is 15.6. The molecule has 0 atom stereocenters. The standard InChI is InChI=1S/C15H13F2N3O2S/c1-20-14-5-3-2-4-13(14)19-15(20)9-18-23(21,22)10-6-7-11(16)12(17)8-10/h2-8,18H,9H2,1H3. The van der Waals surface area contributed by atoms with Crippen molar-refractivity contribution in [3.8, 4) is 0 Å². The molecule has 1 aromatic heterocycles. The van der Waals surface area contributed by atoms with Gasteiger partial charge in [0.15, 0.2) is 11.6 Å². The van der Waals surface area contributed by atoms with E-state index < -0.39 is 21.7 Å². The topological polar surface area (TPSA) is 64.0 Å². The van der Waals surface area contributed by atoms with Crippen molar-refractivity contribution in [1.29, 1.82) is 0 Å². The number of aryl methyl sites for hydroxylation is 1. The highest BCUT2D eigenvalue weighted by molar-refractivity contribution is 7.89. The molecule has 0 fully saturated rings. The molecule has 5 nitrogen and oxygen atoms in total. The lowest BCUT2D eigenvalue weighted by atomic mass is 10.3.